The van der Waals surface area contributed by atoms with Gasteiger partial charge in [-0.15, -0.1) is 0 Å². The van der Waals surface area contributed by atoms with Crippen LogP contribution in [0.25, 0.3) is 32.7 Å². The lowest BCUT2D eigenvalue weighted by Crippen LogP contribution is -2.16. The summed E-state index contributed by atoms with van der Waals surface area (Å²) in [6, 6.07) is 18.8. The Hall–Kier alpha value is -3.80. The number of nitrogens with one attached hydrogen (secondary N) is 1. The molecule has 0 aliphatic heterocycles. The molecule has 5 nitrogen and oxygen atoms in total. The first kappa shape index (κ1) is 16.7. The van der Waals surface area contributed by atoms with Gasteiger partial charge in [0, 0.05) is 21.9 Å². The molecule has 0 saturated carbocycles. The van der Waals surface area contributed by atoms with Gasteiger partial charge in [-0.05, 0) is 10.8 Å². The molecule has 0 aliphatic carbocycles. The number of hydrogen-bond acceptors (Lipinski definition) is 4. The summed E-state index contributed by atoms with van der Waals surface area (Å²) in [5.74, 6) is -0.0698. The van der Waals surface area contributed by atoms with Crippen LogP contribution < -0.4 is 11.3 Å². The first-order valence-electron chi connectivity index (χ1n) is 8.03. The van der Waals surface area contributed by atoms with Crippen LogP contribution >= 0.6 is 11.6 Å². The van der Waals surface area contributed by atoms with E-state index in [0.29, 0.717) is 10.6 Å². The molecule has 0 bridgehead atoms. The van der Waals surface area contributed by atoms with Gasteiger partial charge in [0.05, 0.1) is 5.02 Å². The largest absolute Gasteiger partial charge is 0.384 e. The smallest absolute Gasteiger partial charge is 0.268 e. The first-order chi connectivity index (χ1) is 13.1. The third-order valence-electron chi connectivity index (χ3n) is 4.58. The molecule has 0 saturated heterocycles. The Labute approximate surface area is 158 Å². The van der Waals surface area contributed by atoms with E-state index in [9.17, 15) is 15.3 Å². The van der Waals surface area contributed by atoms with Gasteiger partial charge in [-0.2, -0.15) is 10.5 Å². The Balaban J connectivity index is 2.39. The fraction of sp³-hybridized carbons (Fsp3) is 0. The summed E-state index contributed by atoms with van der Waals surface area (Å²) in [5, 5.41) is 22.9. The van der Waals surface area contributed by atoms with E-state index in [1.54, 1.807) is 0 Å². The minimum absolute atomic E-state index is 0.0591. The normalized spacial score (nSPS) is 10.6. The number of pyridine rings is 1. The molecule has 0 spiro atoms. The first-order valence-corrected chi connectivity index (χ1v) is 8.41. The lowest BCUT2D eigenvalue weighted by atomic mass is 9.88. The molecular weight excluding hydrogens is 360 g/mol. The molecule has 0 atom stereocenters. The average molecular weight is 371 g/mol. The van der Waals surface area contributed by atoms with Crippen molar-refractivity contribution >= 4 is 39.0 Å². The number of anilines is 1. The summed E-state index contributed by atoms with van der Waals surface area (Å²) in [5.41, 5.74) is 5.99. The van der Waals surface area contributed by atoms with Gasteiger partial charge in [0.15, 0.2) is 0 Å². The molecule has 1 heterocycles. The monoisotopic (exact) mass is 370 g/mol. The predicted molar refractivity (Wildman–Crippen MR) is 106 cm³/mol. The Morgan fingerprint density at radius 2 is 1.30 bits per heavy atom. The van der Waals surface area contributed by atoms with Crippen LogP contribution in [0.3, 0.4) is 0 Å². The fourth-order valence-electron chi connectivity index (χ4n) is 3.44. The second-order valence-corrected chi connectivity index (χ2v) is 6.37. The molecule has 6 heteroatoms. The SMILES string of the molecule is N#Cc1c(N)[nH]c(=O)c(C#N)c1-c1c2ccccc2c(Cl)c2ccccc12. The molecule has 128 valence electrons. The Morgan fingerprint density at radius 1 is 0.815 bits per heavy atom. The molecule has 27 heavy (non-hydrogen) atoms. The highest BCUT2D eigenvalue weighted by Crippen LogP contribution is 2.43. The van der Waals surface area contributed by atoms with Crippen molar-refractivity contribution < 1.29 is 0 Å². The number of aromatic amines is 1. The topological polar surface area (TPSA) is 106 Å². The quantitative estimate of drug-likeness (QED) is 0.486. The summed E-state index contributed by atoms with van der Waals surface area (Å²) in [6.07, 6.45) is 0. The molecule has 3 aromatic carbocycles. The molecule has 1 aromatic heterocycles. The number of nitrogens with zero attached hydrogens (tertiary/aromatic N) is 2. The highest BCUT2D eigenvalue weighted by molar-refractivity contribution is 6.42. The van der Waals surface area contributed by atoms with Gasteiger partial charge < -0.3 is 10.7 Å². The zero-order valence-corrected chi connectivity index (χ0v) is 14.6. The highest BCUT2D eigenvalue weighted by Gasteiger charge is 2.23. The van der Waals surface area contributed by atoms with E-state index in [4.69, 9.17) is 17.3 Å². The molecule has 4 rings (SSSR count). The number of nitriles is 2. The maximum absolute atomic E-state index is 12.4. The molecule has 0 aliphatic rings. The van der Waals surface area contributed by atoms with Crippen LogP contribution in [0, 0.1) is 22.7 Å². The molecule has 3 N–H and O–H groups in total. The Morgan fingerprint density at radius 3 is 1.78 bits per heavy atom. The van der Waals surface area contributed by atoms with Crippen molar-refractivity contribution in [3.8, 4) is 23.3 Å². The zero-order chi connectivity index (χ0) is 19.1. The fourth-order valence-corrected chi connectivity index (χ4v) is 3.77. The summed E-state index contributed by atoms with van der Waals surface area (Å²) in [4.78, 5) is 14.8. The molecule has 0 unspecified atom stereocenters. The number of fused-ring (bicyclic) bond motifs is 2. The van der Waals surface area contributed by atoms with E-state index >= 15 is 0 Å². The van der Waals surface area contributed by atoms with Crippen LogP contribution in [-0.2, 0) is 0 Å². The predicted octanol–water partition coefficient (Wildman–Crippen LogP) is 4.33. The van der Waals surface area contributed by atoms with E-state index in [-0.39, 0.29) is 22.5 Å². The minimum atomic E-state index is -0.632. The standard InChI is InChI=1S/C21H11ClN4O/c22-19-13-7-3-1-5-11(13)17(12-6-2-4-8-14(12)19)18-15(9-23)20(25)26-21(27)16(18)10-24/h1-8H,(H3,25,26,27). The van der Waals surface area contributed by atoms with Crippen molar-refractivity contribution in [3.63, 3.8) is 0 Å². The number of benzene rings is 3. The van der Waals surface area contributed by atoms with E-state index in [1.807, 2.05) is 60.7 Å². The lowest BCUT2D eigenvalue weighted by molar-refractivity contribution is 1.21. The van der Waals surface area contributed by atoms with Crippen molar-refractivity contribution in [1.29, 1.82) is 10.5 Å². The second kappa shape index (κ2) is 6.17. The number of hydrogen-bond donors (Lipinski definition) is 2. The second-order valence-electron chi connectivity index (χ2n) is 6.00. The van der Waals surface area contributed by atoms with Gasteiger partial charge in [0.25, 0.3) is 5.56 Å². The van der Waals surface area contributed by atoms with Gasteiger partial charge in [0.1, 0.15) is 29.1 Å². The third kappa shape index (κ3) is 2.34. The summed E-state index contributed by atoms with van der Waals surface area (Å²) in [7, 11) is 0. The van der Waals surface area contributed by atoms with Crippen LogP contribution in [0.4, 0.5) is 5.82 Å². The molecule has 0 radical (unpaired) electrons. The van der Waals surface area contributed by atoms with Crippen molar-refractivity contribution in [1.82, 2.24) is 4.98 Å². The minimum Gasteiger partial charge on any atom is -0.384 e. The lowest BCUT2D eigenvalue weighted by Gasteiger charge is -2.16. The maximum Gasteiger partial charge on any atom is 0.268 e. The van der Waals surface area contributed by atoms with E-state index in [2.05, 4.69) is 4.98 Å². The van der Waals surface area contributed by atoms with Crippen molar-refractivity contribution in [3.05, 3.63) is 75.0 Å². The molecular formula is C21H11ClN4O. The maximum atomic E-state index is 12.4. The van der Waals surface area contributed by atoms with Crippen LogP contribution in [0.5, 0.6) is 0 Å². The van der Waals surface area contributed by atoms with E-state index in [0.717, 1.165) is 21.5 Å². The zero-order valence-electron chi connectivity index (χ0n) is 13.9. The summed E-state index contributed by atoms with van der Waals surface area (Å²) >= 11 is 6.62. The molecule has 4 aromatic rings. The number of rotatable bonds is 1. The summed E-state index contributed by atoms with van der Waals surface area (Å²) in [6.45, 7) is 0. The molecule has 0 amide bonds. The average Bonchev–Trinajstić information content (AvgIpc) is 2.68. The Kier molecular flexibility index (Phi) is 3.81. The number of nitrogens with two attached hydrogens (primary N) is 1. The van der Waals surface area contributed by atoms with Gasteiger partial charge in [-0.1, -0.05) is 60.1 Å². The van der Waals surface area contributed by atoms with Crippen LogP contribution in [0.15, 0.2) is 53.3 Å². The van der Waals surface area contributed by atoms with Gasteiger partial charge in [-0.25, -0.2) is 0 Å². The summed E-state index contributed by atoms with van der Waals surface area (Å²) < 4.78 is 0. The van der Waals surface area contributed by atoms with Crippen molar-refractivity contribution in [2.24, 2.45) is 0 Å². The Bertz CT molecular complexity index is 1330. The highest BCUT2D eigenvalue weighted by atomic mass is 35.5. The number of aromatic nitrogens is 1. The number of halogens is 1. The van der Waals surface area contributed by atoms with Crippen molar-refractivity contribution in [2.45, 2.75) is 0 Å². The number of H-pyrrole nitrogens is 1. The van der Waals surface area contributed by atoms with Gasteiger partial charge in [0.2, 0.25) is 0 Å². The van der Waals surface area contributed by atoms with Crippen LogP contribution in [0.2, 0.25) is 5.02 Å². The van der Waals surface area contributed by atoms with Crippen molar-refractivity contribution in [2.75, 3.05) is 5.73 Å². The third-order valence-corrected chi connectivity index (χ3v) is 4.99. The van der Waals surface area contributed by atoms with Gasteiger partial charge >= 0.3 is 0 Å². The van der Waals surface area contributed by atoms with E-state index in [1.165, 1.54) is 0 Å². The van der Waals surface area contributed by atoms with Crippen LogP contribution in [-0.4, -0.2) is 4.98 Å². The van der Waals surface area contributed by atoms with Crippen LogP contribution in [0.1, 0.15) is 11.1 Å². The van der Waals surface area contributed by atoms with E-state index < -0.39 is 5.56 Å². The molecule has 0 fully saturated rings. The number of nitrogen functional groups attached to an aromatic ring is 1. The van der Waals surface area contributed by atoms with Gasteiger partial charge in [-0.3, -0.25) is 4.79 Å².